The highest BCUT2D eigenvalue weighted by atomic mass is 16.5. The van der Waals surface area contributed by atoms with Crippen LogP contribution in [-0.2, 0) is 6.61 Å². The van der Waals surface area contributed by atoms with Gasteiger partial charge in [0.1, 0.15) is 6.61 Å². The van der Waals surface area contributed by atoms with Crippen LogP contribution in [0.4, 0.5) is 5.69 Å². The average molecular weight is 259 g/mol. The standard InChI is InChI=1S/C14H17N3O2/c1-2-18-13-5-3-4-6-14(13)19-10-12-9-11(17-15)7-8-16-12/h3-9H,2,10,15H2,1H3,(H,16,17). The topological polar surface area (TPSA) is 69.4 Å². The summed E-state index contributed by atoms with van der Waals surface area (Å²) in [5.41, 5.74) is 4.17. The van der Waals surface area contributed by atoms with E-state index in [4.69, 9.17) is 15.3 Å². The Hall–Kier alpha value is -2.27. The van der Waals surface area contributed by atoms with Crippen LogP contribution in [0.1, 0.15) is 12.6 Å². The first kappa shape index (κ1) is 13.2. The Morgan fingerprint density at radius 2 is 1.89 bits per heavy atom. The van der Waals surface area contributed by atoms with Crippen LogP contribution in [-0.4, -0.2) is 11.6 Å². The van der Waals surface area contributed by atoms with Gasteiger partial charge in [-0.15, -0.1) is 0 Å². The second kappa shape index (κ2) is 6.61. The van der Waals surface area contributed by atoms with Gasteiger partial charge in [0.05, 0.1) is 18.0 Å². The number of anilines is 1. The highest BCUT2D eigenvalue weighted by molar-refractivity contribution is 5.42. The Kier molecular flexibility index (Phi) is 4.58. The van der Waals surface area contributed by atoms with E-state index in [9.17, 15) is 0 Å². The molecule has 0 spiro atoms. The molecule has 0 radical (unpaired) electrons. The van der Waals surface area contributed by atoms with Crippen LogP contribution in [0.15, 0.2) is 42.6 Å². The Labute approximate surface area is 112 Å². The molecule has 1 aromatic carbocycles. The maximum Gasteiger partial charge on any atom is 0.161 e. The summed E-state index contributed by atoms with van der Waals surface area (Å²) in [6.07, 6.45) is 1.68. The number of nitrogens with one attached hydrogen (secondary N) is 1. The molecule has 0 aliphatic heterocycles. The zero-order valence-electron chi connectivity index (χ0n) is 10.8. The van der Waals surface area contributed by atoms with Crippen LogP contribution in [0, 0.1) is 0 Å². The summed E-state index contributed by atoms with van der Waals surface area (Å²) in [6.45, 7) is 2.90. The van der Waals surface area contributed by atoms with Crippen molar-refractivity contribution in [2.24, 2.45) is 5.84 Å². The fourth-order valence-corrected chi connectivity index (χ4v) is 1.64. The first-order valence-electron chi connectivity index (χ1n) is 6.09. The van der Waals surface area contributed by atoms with Gasteiger partial charge in [-0.3, -0.25) is 10.8 Å². The lowest BCUT2D eigenvalue weighted by molar-refractivity contribution is 0.266. The van der Waals surface area contributed by atoms with Crippen LogP contribution in [0.2, 0.25) is 0 Å². The minimum atomic E-state index is 0.361. The predicted octanol–water partition coefficient (Wildman–Crippen LogP) is 2.34. The van der Waals surface area contributed by atoms with Crippen molar-refractivity contribution < 1.29 is 9.47 Å². The SMILES string of the molecule is CCOc1ccccc1OCc1cc(NN)ccn1. The number of aromatic nitrogens is 1. The number of hydrogen-bond donors (Lipinski definition) is 2. The molecule has 0 aliphatic carbocycles. The van der Waals surface area contributed by atoms with Gasteiger partial charge in [-0.25, -0.2) is 0 Å². The van der Waals surface area contributed by atoms with Gasteiger partial charge in [0.15, 0.2) is 11.5 Å². The molecule has 0 aliphatic rings. The van der Waals surface area contributed by atoms with Crippen molar-refractivity contribution in [2.75, 3.05) is 12.0 Å². The summed E-state index contributed by atoms with van der Waals surface area (Å²) in [5, 5.41) is 0. The summed E-state index contributed by atoms with van der Waals surface area (Å²) in [7, 11) is 0. The molecule has 2 aromatic rings. The van der Waals surface area contributed by atoms with Crippen molar-refractivity contribution in [3.8, 4) is 11.5 Å². The molecular weight excluding hydrogens is 242 g/mol. The van der Waals surface area contributed by atoms with E-state index in [-0.39, 0.29) is 0 Å². The monoisotopic (exact) mass is 259 g/mol. The number of hydrogen-bond acceptors (Lipinski definition) is 5. The third-order valence-corrected chi connectivity index (χ3v) is 2.51. The Morgan fingerprint density at radius 1 is 1.16 bits per heavy atom. The Morgan fingerprint density at radius 3 is 2.58 bits per heavy atom. The van der Waals surface area contributed by atoms with Crippen LogP contribution < -0.4 is 20.7 Å². The van der Waals surface area contributed by atoms with E-state index < -0.39 is 0 Å². The summed E-state index contributed by atoms with van der Waals surface area (Å²) in [6, 6.07) is 11.2. The molecule has 0 unspecified atom stereocenters. The Balaban J connectivity index is 2.05. The molecule has 19 heavy (non-hydrogen) atoms. The molecule has 3 N–H and O–H groups in total. The van der Waals surface area contributed by atoms with E-state index in [1.165, 1.54) is 0 Å². The average Bonchev–Trinajstić information content (AvgIpc) is 2.47. The van der Waals surface area contributed by atoms with Crippen LogP contribution in [0.5, 0.6) is 11.5 Å². The van der Waals surface area contributed by atoms with Crippen molar-refractivity contribution in [2.45, 2.75) is 13.5 Å². The summed E-state index contributed by atoms with van der Waals surface area (Å²) >= 11 is 0. The van der Waals surface area contributed by atoms with Gasteiger partial charge >= 0.3 is 0 Å². The molecule has 5 heteroatoms. The zero-order valence-corrected chi connectivity index (χ0v) is 10.8. The lowest BCUT2D eigenvalue weighted by Gasteiger charge is -2.11. The molecule has 1 heterocycles. The molecule has 0 atom stereocenters. The molecule has 100 valence electrons. The number of nitrogens with two attached hydrogens (primary N) is 1. The maximum absolute atomic E-state index is 5.72. The lowest BCUT2D eigenvalue weighted by atomic mass is 10.3. The molecule has 0 amide bonds. The second-order valence-corrected chi connectivity index (χ2v) is 3.85. The van der Waals surface area contributed by atoms with Crippen molar-refractivity contribution in [1.29, 1.82) is 0 Å². The van der Waals surface area contributed by atoms with Crippen LogP contribution >= 0.6 is 0 Å². The van der Waals surface area contributed by atoms with Crippen molar-refractivity contribution in [3.63, 3.8) is 0 Å². The predicted molar refractivity (Wildman–Crippen MR) is 74.0 cm³/mol. The number of benzene rings is 1. The fourth-order valence-electron chi connectivity index (χ4n) is 1.64. The first-order chi connectivity index (χ1) is 9.33. The van der Waals surface area contributed by atoms with Gasteiger partial charge in [-0.05, 0) is 31.2 Å². The van der Waals surface area contributed by atoms with Crippen molar-refractivity contribution in [1.82, 2.24) is 4.98 Å². The van der Waals surface area contributed by atoms with E-state index in [0.29, 0.717) is 19.0 Å². The fraction of sp³-hybridized carbons (Fsp3) is 0.214. The quantitative estimate of drug-likeness (QED) is 0.615. The van der Waals surface area contributed by atoms with Crippen LogP contribution in [0.25, 0.3) is 0 Å². The molecule has 0 bridgehead atoms. The lowest BCUT2D eigenvalue weighted by Crippen LogP contribution is -2.08. The number of rotatable bonds is 6. The second-order valence-electron chi connectivity index (χ2n) is 3.85. The third-order valence-electron chi connectivity index (χ3n) is 2.51. The number of ether oxygens (including phenoxy) is 2. The zero-order chi connectivity index (χ0) is 13.5. The highest BCUT2D eigenvalue weighted by Crippen LogP contribution is 2.27. The van der Waals surface area contributed by atoms with Gasteiger partial charge in [0.25, 0.3) is 0 Å². The number of pyridine rings is 1. The van der Waals surface area contributed by atoms with E-state index in [0.717, 1.165) is 17.1 Å². The first-order valence-corrected chi connectivity index (χ1v) is 6.09. The number of nitrogens with zero attached hydrogens (tertiary/aromatic N) is 1. The van der Waals surface area contributed by atoms with Gasteiger partial charge in [-0.1, -0.05) is 12.1 Å². The summed E-state index contributed by atoms with van der Waals surface area (Å²) < 4.78 is 11.2. The molecular formula is C14H17N3O2. The Bertz CT molecular complexity index is 532. The molecule has 1 aromatic heterocycles. The maximum atomic E-state index is 5.72. The molecule has 0 fully saturated rings. The third kappa shape index (κ3) is 3.59. The van der Waals surface area contributed by atoms with E-state index in [2.05, 4.69) is 10.4 Å². The number of hydrazine groups is 1. The van der Waals surface area contributed by atoms with Crippen molar-refractivity contribution in [3.05, 3.63) is 48.3 Å². The van der Waals surface area contributed by atoms with E-state index in [1.807, 2.05) is 37.3 Å². The summed E-state index contributed by atoms with van der Waals surface area (Å²) in [5.74, 6) is 6.79. The molecule has 0 saturated heterocycles. The molecule has 5 nitrogen and oxygen atoms in total. The van der Waals surface area contributed by atoms with Gasteiger partial charge in [0, 0.05) is 6.20 Å². The smallest absolute Gasteiger partial charge is 0.161 e. The van der Waals surface area contributed by atoms with Gasteiger partial charge in [-0.2, -0.15) is 0 Å². The molecule has 2 rings (SSSR count). The van der Waals surface area contributed by atoms with Crippen LogP contribution in [0.3, 0.4) is 0 Å². The largest absolute Gasteiger partial charge is 0.490 e. The minimum absolute atomic E-state index is 0.361. The molecule has 0 saturated carbocycles. The summed E-state index contributed by atoms with van der Waals surface area (Å²) in [4.78, 5) is 4.22. The number of nitrogen functional groups attached to an aromatic ring is 1. The minimum Gasteiger partial charge on any atom is -0.490 e. The number of para-hydroxylation sites is 2. The van der Waals surface area contributed by atoms with Crippen molar-refractivity contribution >= 4 is 5.69 Å². The van der Waals surface area contributed by atoms with Gasteiger partial charge < -0.3 is 14.9 Å². The van der Waals surface area contributed by atoms with E-state index >= 15 is 0 Å². The highest BCUT2D eigenvalue weighted by Gasteiger charge is 2.04. The van der Waals surface area contributed by atoms with Gasteiger partial charge in [0.2, 0.25) is 0 Å². The normalized spacial score (nSPS) is 10.0. The van der Waals surface area contributed by atoms with E-state index in [1.54, 1.807) is 12.3 Å².